The average Bonchev–Trinajstić information content (AvgIpc) is 2.44. The van der Waals surface area contributed by atoms with Gasteiger partial charge in [0.05, 0.1) is 5.76 Å². The number of carbonyl (C=O) groups excluding carboxylic acids is 1. The van der Waals surface area contributed by atoms with E-state index >= 15 is 0 Å². The van der Waals surface area contributed by atoms with Crippen LogP contribution in [0.1, 0.15) is 97.3 Å². The highest BCUT2D eigenvalue weighted by Crippen LogP contribution is 2.20. The zero-order valence-electron chi connectivity index (χ0n) is 14.2. The minimum atomic E-state index is 0.140. The highest BCUT2D eigenvalue weighted by Gasteiger charge is 2.18. The van der Waals surface area contributed by atoms with Crippen LogP contribution in [0.3, 0.4) is 0 Å². The van der Waals surface area contributed by atoms with E-state index in [0.29, 0.717) is 6.42 Å². The predicted octanol–water partition coefficient (Wildman–Crippen LogP) is 5.95. The van der Waals surface area contributed by atoms with Gasteiger partial charge in [0, 0.05) is 12.5 Å². The van der Waals surface area contributed by atoms with Gasteiger partial charge >= 0.3 is 0 Å². The van der Waals surface area contributed by atoms with Gasteiger partial charge in [0.15, 0.2) is 5.78 Å². The van der Waals surface area contributed by atoms with Crippen LogP contribution in [-0.2, 0) is 9.53 Å². The van der Waals surface area contributed by atoms with Gasteiger partial charge in [-0.3, -0.25) is 4.79 Å². The Morgan fingerprint density at radius 3 is 2.00 bits per heavy atom. The second kappa shape index (κ2) is 11.8. The Kier molecular flexibility index (Phi) is 10.3. The molecule has 1 aliphatic heterocycles. The second-order valence-electron chi connectivity index (χ2n) is 6.49. The Morgan fingerprint density at radius 1 is 0.952 bits per heavy atom. The van der Waals surface area contributed by atoms with Crippen LogP contribution in [0.15, 0.2) is 11.8 Å². The molecule has 21 heavy (non-hydrogen) atoms. The normalized spacial score (nSPS) is 18.5. The molecule has 1 rings (SSSR count). The van der Waals surface area contributed by atoms with Gasteiger partial charge in [-0.1, -0.05) is 71.1 Å². The summed E-state index contributed by atoms with van der Waals surface area (Å²) in [6, 6.07) is 0. The fraction of sp³-hybridized carbons (Fsp3) is 0.842. The van der Waals surface area contributed by atoms with E-state index in [1.165, 1.54) is 70.6 Å². The molecule has 0 aromatic carbocycles. The fourth-order valence-corrected chi connectivity index (χ4v) is 3.05. The molecule has 0 amide bonds. The van der Waals surface area contributed by atoms with Crippen molar-refractivity contribution in [1.29, 1.82) is 0 Å². The number of ketones is 1. The smallest absolute Gasteiger partial charge is 0.162 e. The van der Waals surface area contributed by atoms with Crippen LogP contribution in [0, 0.1) is 0 Å². The van der Waals surface area contributed by atoms with Crippen molar-refractivity contribution in [1.82, 2.24) is 0 Å². The summed E-state index contributed by atoms with van der Waals surface area (Å²) in [7, 11) is 0. The number of allylic oxidation sites excluding steroid dienone is 2. The van der Waals surface area contributed by atoms with Gasteiger partial charge in [-0.05, 0) is 19.8 Å². The van der Waals surface area contributed by atoms with E-state index in [9.17, 15) is 4.79 Å². The molecule has 1 heterocycles. The van der Waals surface area contributed by atoms with Gasteiger partial charge in [0.1, 0.15) is 6.10 Å². The first-order valence-electron chi connectivity index (χ1n) is 9.10. The lowest BCUT2D eigenvalue weighted by Gasteiger charge is -2.22. The summed E-state index contributed by atoms with van der Waals surface area (Å²) in [5, 5.41) is 0. The predicted molar refractivity (Wildman–Crippen MR) is 89.3 cm³/mol. The van der Waals surface area contributed by atoms with Crippen molar-refractivity contribution in [2.75, 3.05) is 0 Å². The van der Waals surface area contributed by atoms with Crippen molar-refractivity contribution >= 4 is 5.78 Å². The number of hydrogen-bond acceptors (Lipinski definition) is 2. The summed E-state index contributed by atoms with van der Waals surface area (Å²) >= 11 is 0. The largest absolute Gasteiger partial charge is 0.494 e. The molecular formula is C19H34O2. The maximum absolute atomic E-state index is 11.4. The SMILES string of the molecule is CCCCCCCCCCCCCC1CC(=O)C=C(C)O1. The molecule has 0 aromatic rings. The molecule has 0 bridgehead atoms. The van der Waals surface area contributed by atoms with E-state index in [0.717, 1.165) is 12.2 Å². The van der Waals surface area contributed by atoms with E-state index in [4.69, 9.17) is 4.74 Å². The van der Waals surface area contributed by atoms with Crippen molar-refractivity contribution in [3.8, 4) is 0 Å². The Labute approximate surface area is 131 Å². The Morgan fingerprint density at radius 2 is 1.48 bits per heavy atom. The zero-order valence-corrected chi connectivity index (χ0v) is 14.2. The highest BCUT2D eigenvalue weighted by molar-refractivity contribution is 5.91. The molecule has 0 aromatic heterocycles. The first-order chi connectivity index (χ1) is 10.2. The minimum Gasteiger partial charge on any atom is -0.494 e. The first kappa shape index (κ1) is 18.3. The summed E-state index contributed by atoms with van der Waals surface area (Å²) < 4.78 is 5.69. The van der Waals surface area contributed by atoms with Crippen molar-refractivity contribution in [2.24, 2.45) is 0 Å². The van der Waals surface area contributed by atoms with Crippen LogP contribution in [0.25, 0.3) is 0 Å². The fourth-order valence-electron chi connectivity index (χ4n) is 3.05. The molecular weight excluding hydrogens is 260 g/mol. The van der Waals surface area contributed by atoms with Crippen molar-refractivity contribution in [2.45, 2.75) is 103 Å². The van der Waals surface area contributed by atoms with E-state index in [2.05, 4.69) is 6.92 Å². The Balaban J connectivity index is 1.85. The van der Waals surface area contributed by atoms with Crippen LogP contribution >= 0.6 is 0 Å². The first-order valence-corrected chi connectivity index (χ1v) is 9.10. The van der Waals surface area contributed by atoms with Gasteiger partial charge < -0.3 is 4.74 Å². The van der Waals surface area contributed by atoms with Gasteiger partial charge in [0.25, 0.3) is 0 Å². The summed E-state index contributed by atoms with van der Waals surface area (Å²) in [5.41, 5.74) is 0. The lowest BCUT2D eigenvalue weighted by Crippen LogP contribution is -2.21. The quantitative estimate of drug-likeness (QED) is 0.416. The van der Waals surface area contributed by atoms with E-state index in [1.807, 2.05) is 6.92 Å². The molecule has 2 nitrogen and oxygen atoms in total. The number of hydrogen-bond donors (Lipinski definition) is 0. The Bertz CT molecular complexity index is 307. The topological polar surface area (TPSA) is 26.3 Å². The summed E-state index contributed by atoms with van der Waals surface area (Å²) in [6.07, 6.45) is 18.4. The molecule has 1 unspecified atom stereocenters. The number of rotatable bonds is 12. The van der Waals surface area contributed by atoms with E-state index in [1.54, 1.807) is 6.08 Å². The van der Waals surface area contributed by atoms with Crippen molar-refractivity contribution in [3.05, 3.63) is 11.8 Å². The summed E-state index contributed by atoms with van der Waals surface area (Å²) in [4.78, 5) is 11.4. The minimum absolute atomic E-state index is 0.140. The van der Waals surface area contributed by atoms with E-state index < -0.39 is 0 Å². The molecule has 122 valence electrons. The molecule has 2 heteroatoms. The lowest BCUT2D eigenvalue weighted by molar-refractivity contribution is -0.118. The van der Waals surface area contributed by atoms with Crippen LogP contribution in [0.2, 0.25) is 0 Å². The molecule has 0 radical (unpaired) electrons. The van der Waals surface area contributed by atoms with Crippen LogP contribution in [-0.4, -0.2) is 11.9 Å². The standard InChI is InChI=1S/C19H34O2/c1-3-4-5-6-7-8-9-10-11-12-13-14-19-16-18(20)15-17(2)21-19/h15,19H,3-14,16H2,1-2H3. The third-order valence-electron chi connectivity index (χ3n) is 4.28. The van der Waals surface area contributed by atoms with Crippen LogP contribution in [0.5, 0.6) is 0 Å². The Hall–Kier alpha value is -0.790. The van der Waals surface area contributed by atoms with Crippen molar-refractivity contribution in [3.63, 3.8) is 0 Å². The molecule has 0 N–H and O–H groups in total. The van der Waals surface area contributed by atoms with E-state index in [-0.39, 0.29) is 11.9 Å². The van der Waals surface area contributed by atoms with Crippen LogP contribution in [0.4, 0.5) is 0 Å². The third-order valence-corrected chi connectivity index (χ3v) is 4.28. The maximum Gasteiger partial charge on any atom is 0.162 e. The van der Waals surface area contributed by atoms with Gasteiger partial charge in [-0.25, -0.2) is 0 Å². The summed E-state index contributed by atoms with van der Waals surface area (Å²) in [6.45, 7) is 4.15. The third kappa shape index (κ3) is 9.71. The van der Waals surface area contributed by atoms with Gasteiger partial charge in [-0.15, -0.1) is 0 Å². The second-order valence-corrected chi connectivity index (χ2v) is 6.49. The molecule has 0 saturated carbocycles. The zero-order chi connectivity index (χ0) is 15.3. The number of unbranched alkanes of at least 4 members (excludes halogenated alkanes) is 10. The molecule has 0 fully saturated rings. The highest BCUT2D eigenvalue weighted by atomic mass is 16.5. The van der Waals surface area contributed by atoms with Gasteiger partial charge in [-0.2, -0.15) is 0 Å². The van der Waals surface area contributed by atoms with Crippen molar-refractivity contribution < 1.29 is 9.53 Å². The molecule has 0 spiro atoms. The number of ether oxygens (including phenoxy) is 1. The molecule has 1 aliphatic rings. The lowest BCUT2D eigenvalue weighted by atomic mass is 10.0. The summed E-state index contributed by atoms with van der Waals surface area (Å²) in [5.74, 6) is 1.02. The average molecular weight is 294 g/mol. The van der Waals surface area contributed by atoms with Gasteiger partial charge in [0.2, 0.25) is 0 Å². The molecule has 0 saturated heterocycles. The molecule has 1 atom stereocenters. The molecule has 0 aliphatic carbocycles. The maximum atomic E-state index is 11.4. The van der Waals surface area contributed by atoms with Crippen LogP contribution < -0.4 is 0 Å². The number of carbonyl (C=O) groups is 1. The monoisotopic (exact) mass is 294 g/mol.